The Morgan fingerprint density at radius 2 is 1.96 bits per heavy atom. The Hall–Kier alpha value is -2.54. The summed E-state index contributed by atoms with van der Waals surface area (Å²) >= 11 is 0. The van der Waals surface area contributed by atoms with Crippen molar-refractivity contribution in [3.8, 4) is 11.8 Å². The number of aromatic nitrogens is 2. The highest BCUT2D eigenvalue weighted by Gasteiger charge is 2.16. The number of nitrogens with zero attached hydrogens (tertiary/aromatic N) is 2. The van der Waals surface area contributed by atoms with Crippen molar-refractivity contribution < 1.29 is 4.79 Å². The van der Waals surface area contributed by atoms with E-state index in [0.717, 1.165) is 30.6 Å². The number of aryl methyl sites for hydroxylation is 1. The third-order valence-electron chi connectivity index (χ3n) is 3.76. The molecule has 0 aliphatic rings. The quantitative estimate of drug-likeness (QED) is 0.834. The number of nitrogens with one attached hydrogen (secondary N) is 1. The molecule has 23 heavy (non-hydrogen) atoms. The van der Waals surface area contributed by atoms with Crippen LogP contribution in [0.15, 0.2) is 30.3 Å². The number of carbonyl (C=O) groups is 1. The van der Waals surface area contributed by atoms with E-state index >= 15 is 0 Å². The Labute approximate surface area is 137 Å². The highest BCUT2D eigenvalue weighted by atomic mass is 16.1. The van der Waals surface area contributed by atoms with E-state index in [1.54, 1.807) is 6.92 Å². The maximum atomic E-state index is 11.6. The molecule has 120 valence electrons. The predicted molar refractivity (Wildman–Crippen MR) is 91.8 cm³/mol. The van der Waals surface area contributed by atoms with Gasteiger partial charge in [-0.15, -0.1) is 0 Å². The Bertz CT molecular complexity index is 720. The van der Waals surface area contributed by atoms with E-state index in [4.69, 9.17) is 5.10 Å². The van der Waals surface area contributed by atoms with Crippen LogP contribution in [0.1, 0.15) is 43.3 Å². The minimum Gasteiger partial charge on any atom is -0.341 e. The summed E-state index contributed by atoms with van der Waals surface area (Å²) in [6, 6.07) is 10.3. The van der Waals surface area contributed by atoms with Crippen LogP contribution in [-0.4, -0.2) is 15.7 Å². The fourth-order valence-electron chi connectivity index (χ4n) is 2.69. The van der Waals surface area contributed by atoms with E-state index in [2.05, 4.69) is 47.8 Å². The third kappa shape index (κ3) is 4.23. The zero-order chi connectivity index (χ0) is 16.7. The van der Waals surface area contributed by atoms with Crippen LogP contribution < -0.4 is 5.32 Å². The Balaban J connectivity index is 2.26. The average molecular weight is 309 g/mol. The van der Waals surface area contributed by atoms with E-state index in [-0.39, 0.29) is 5.91 Å². The Morgan fingerprint density at radius 3 is 2.57 bits per heavy atom. The van der Waals surface area contributed by atoms with Crippen molar-refractivity contribution in [2.75, 3.05) is 0 Å². The summed E-state index contributed by atoms with van der Waals surface area (Å²) in [6.07, 6.45) is 1.73. The monoisotopic (exact) mass is 309 g/mol. The highest BCUT2D eigenvalue weighted by molar-refractivity contribution is 5.93. The van der Waals surface area contributed by atoms with Gasteiger partial charge in [-0.05, 0) is 31.2 Å². The molecule has 0 unspecified atom stereocenters. The van der Waals surface area contributed by atoms with Gasteiger partial charge in [0.15, 0.2) is 0 Å². The van der Waals surface area contributed by atoms with Gasteiger partial charge < -0.3 is 5.32 Å². The number of carbonyl (C=O) groups excluding carboxylic acids is 1. The van der Waals surface area contributed by atoms with Crippen LogP contribution in [0.25, 0.3) is 0 Å². The first kappa shape index (κ1) is 16.8. The number of rotatable bonds is 6. The molecule has 2 rings (SSSR count). The summed E-state index contributed by atoms with van der Waals surface area (Å²) < 4.78 is 2.06. The van der Waals surface area contributed by atoms with Gasteiger partial charge in [-0.1, -0.05) is 50.1 Å². The van der Waals surface area contributed by atoms with Crippen molar-refractivity contribution in [1.82, 2.24) is 15.1 Å². The predicted octanol–water partition coefficient (Wildman–Crippen LogP) is 2.70. The highest BCUT2D eigenvalue weighted by Crippen LogP contribution is 2.17. The summed E-state index contributed by atoms with van der Waals surface area (Å²) in [5.74, 6) is 4.88. The molecule has 1 aromatic carbocycles. The SMILES string of the molecule is CC#CC(=O)NCc1c(CC)nn(Cc2ccccc2)c1CC. The van der Waals surface area contributed by atoms with Crippen LogP contribution in [-0.2, 0) is 30.7 Å². The molecular formula is C19H23N3O. The maximum absolute atomic E-state index is 11.6. The summed E-state index contributed by atoms with van der Waals surface area (Å²) in [5, 5.41) is 7.61. The molecule has 0 atom stereocenters. The van der Waals surface area contributed by atoms with E-state index in [1.165, 1.54) is 11.3 Å². The third-order valence-corrected chi connectivity index (χ3v) is 3.76. The van der Waals surface area contributed by atoms with Crippen LogP contribution in [0.4, 0.5) is 0 Å². The molecule has 0 aliphatic heterocycles. The molecular weight excluding hydrogens is 286 g/mol. The number of hydrogen-bond donors (Lipinski definition) is 1. The van der Waals surface area contributed by atoms with Crippen molar-refractivity contribution in [2.24, 2.45) is 0 Å². The van der Waals surface area contributed by atoms with Crippen LogP contribution in [0.3, 0.4) is 0 Å². The molecule has 1 heterocycles. The smallest absolute Gasteiger partial charge is 0.296 e. The molecule has 0 aliphatic carbocycles. The molecule has 0 saturated carbocycles. The molecule has 0 radical (unpaired) electrons. The van der Waals surface area contributed by atoms with Gasteiger partial charge in [-0.3, -0.25) is 9.48 Å². The fraction of sp³-hybridized carbons (Fsp3) is 0.368. The maximum Gasteiger partial charge on any atom is 0.296 e. The summed E-state index contributed by atoms with van der Waals surface area (Å²) in [4.78, 5) is 11.6. The first-order valence-electron chi connectivity index (χ1n) is 8.01. The van der Waals surface area contributed by atoms with Crippen molar-refractivity contribution in [2.45, 2.75) is 46.7 Å². The van der Waals surface area contributed by atoms with E-state index < -0.39 is 0 Å². The van der Waals surface area contributed by atoms with Gasteiger partial charge in [0, 0.05) is 17.8 Å². The Morgan fingerprint density at radius 1 is 1.22 bits per heavy atom. The van der Waals surface area contributed by atoms with Gasteiger partial charge in [0.05, 0.1) is 12.2 Å². The number of amides is 1. The fourth-order valence-corrected chi connectivity index (χ4v) is 2.69. The molecule has 4 heteroatoms. The van der Waals surface area contributed by atoms with Gasteiger partial charge in [0.1, 0.15) is 0 Å². The van der Waals surface area contributed by atoms with Gasteiger partial charge in [-0.2, -0.15) is 5.10 Å². The average Bonchev–Trinajstić information content (AvgIpc) is 2.90. The van der Waals surface area contributed by atoms with Crippen molar-refractivity contribution >= 4 is 5.91 Å². The van der Waals surface area contributed by atoms with Crippen molar-refractivity contribution in [3.05, 3.63) is 52.8 Å². The van der Waals surface area contributed by atoms with Gasteiger partial charge >= 0.3 is 0 Å². The summed E-state index contributed by atoms with van der Waals surface area (Å²) in [7, 11) is 0. The zero-order valence-corrected chi connectivity index (χ0v) is 14.0. The van der Waals surface area contributed by atoms with Crippen LogP contribution in [0.2, 0.25) is 0 Å². The van der Waals surface area contributed by atoms with Crippen molar-refractivity contribution in [1.29, 1.82) is 0 Å². The second-order valence-electron chi connectivity index (χ2n) is 5.28. The van der Waals surface area contributed by atoms with Crippen LogP contribution in [0.5, 0.6) is 0 Å². The normalized spacial score (nSPS) is 10.0. The Kier molecular flexibility index (Phi) is 5.99. The van der Waals surface area contributed by atoms with Crippen LogP contribution >= 0.6 is 0 Å². The molecule has 0 bridgehead atoms. The molecule has 4 nitrogen and oxygen atoms in total. The topological polar surface area (TPSA) is 46.9 Å². The first-order valence-corrected chi connectivity index (χ1v) is 8.01. The molecule has 1 amide bonds. The van der Waals surface area contributed by atoms with E-state index in [0.29, 0.717) is 6.54 Å². The van der Waals surface area contributed by atoms with Gasteiger partial charge in [-0.25, -0.2) is 0 Å². The molecule has 2 aromatic rings. The van der Waals surface area contributed by atoms with Crippen LogP contribution in [0, 0.1) is 11.8 Å². The minimum atomic E-state index is -0.243. The molecule has 0 fully saturated rings. The zero-order valence-electron chi connectivity index (χ0n) is 14.0. The standard InChI is InChI=1S/C19H23N3O/c1-4-10-19(23)20-13-16-17(5-2)21-22(18(16)6-3)14-15-11-8-7-9-12-15/h7-9,11-12H,5-6,13-14H2,1-3H3,(H,20,23). The molecule has 1 N–H and O–H groups in total. The minimum absolute atomic E-state index is 0.243. The first-order chi connectivity index (χ1) is 11.2. The lowest BCUT2D eigenvalue weighted by Crippen LogP contribution is -2.22. The van der Waals surface area contributed by atoms with Crippen molar-refractivity contribution in [3.63, 3.8) is 0 Å². The second-order valence-corrected chi connectivity index (χ2v) is 5.28. The largest absolute Gasteiger partial charge is 0.341 e. The lowest BCUT2D eigenvalue weighted by molar-refractivity contribution is -0.115. The summed E-state index contributed by atoms with van der Waals surface area (Å²) in [5.41, 5.74) is 4.56. The molecule has 0 saturated heterocycles. The van der Waals surface area contributed by atoms with E-state index in [9.17, 15) is 4.79 Å². The van der Waals surface area contributed by atoms with E-state index in [1.807, 2.05) is 18.2 Å². The number of hydrogen-bond acceptors (Lipinski definition) is 2. The lowest BCUT2D eigenvalue weighted by atomic mass is 10.1. The lowest BCUT2D eigenvalue weighted by Gasteiger charge is -2.08. The molecule has 1 aromatic heterocycles. The van der Waals surface area contributed by atoms with Gasteiger partial charge in [0.25, 0.3) is 5.91 Å². The second kappa shape index (κ2) is 8.19. The summed E-state index contributed by atoms with van der Waals surface area (Å²) in [6.45, 7) is 7.10. The molecule has 0 spiro atoms. The number of benzene rings is 1. The van der Waals surface area contributed by atoms with Gasteiger partial charge in [0.2, 0.25) is 0 Å².